The van der Waals surface area contributed by atoms with Gasteiger partial charge in [0.2, 0.25) is 0 Å². The van der Waals surface area contributed by atoms with Crippen molar-refractivity contribution < 1.29 is 27.8 Å². The molecule has 0 aromatic rings. The van der Waals surface area contributed by atoms with E-state index in [9.17, 15) is 4.57 Å². The summed E-state index contributed by atoms with van der Waals surface area (Å²) in [5.74, 6) is 0. The number of hydrogen-bond donors (Lipinski definition) is 0. The van der Waals surface area contributed by atoms with Gasteiger partial charge in [-0.1, -0.05) is 0 Å². The van der Waals surface area contributed by atoms with Crippen molar-refractivity contribution >= 4 is 17.8 Å². The average molecular weight is 325 g/mol. The predicted octanol–water partition coefficient (Wildman–Crippen LogP) is 2.51. The van der Waals surface area contributed by atoms with Crippen LogP contribution in [0.15, 0.2) is 0 Å². The summed E-state index contributed by atoms with van der Waals surface area (Å²) in [6.07, 6.45) is 0. The van der Waals surface area contributed by atoms with Crippen LogP contribution in [0.4, 0.5) is 0 Å². The molecule has 0 saturated carbocycles. The van der Waals surface area contributed by atoms with Gasteiger partial charge in [-0.25, -0.2) is 0 Å². The molecule has 0 fully saturated rings. The van der Waals surface area contributed by atoms with Gasteiger partial charge < -0.3 is 23.3 Å². The zero-order valence-electron chi connectivity index (χ0n) is 13.0. The van der Waals surface area contributed by atoms with E-state index in [-0.39, 0.29) is 26.4 Å². The van der Waals surface area contributed by atoms with Crippen molar-refractivity contribution in [3.63, 3.8) is 0 Å². The van der Waals surface area contributed by atoms with Crippen LogP contribution in [-0.2, 0) is 27.8 Å². The van der Waals surface area contributed by atoms with E-state index in [1.165, 1.54) is 0 Å². The highest BCUT2D eigenvalue weighted by molar-refractivity contribution is 7.55. The molecule has 8 heteroatoms. The number of ether oxygens (including phenoxy) is 3. The van der Waals surface area contributed by atoms with Crippen LogP contribution in [0.25, 0.3) is 0 Å². The van der Waals surface area contributed by atoms with E-state index in [1.54, 1.807) is 27.7 Å². The van der Waals surface area contributed by atoms with Crippen molar-refractivity contribution in [3.05, 3.63) is 0 Å². The fourth-order valence-electron chi connectivity index (χ4n) is 1.74. The van der Waals surface area contributed by atoms with Crippen LogP contribution in [0.2, 0.25) is 0 Å². The molecule has 0 saturated heterocycles. The van der Waals surface area contributed by atoms with Crippen LogP contribution in [-0.4, -0.2) is 54.5 Å². The SMILES string of the molecule is CCOC([Si])C(OCC)(OCC)P(=O)(OCC)OCC. The minimum Gasteiger partial charge on any atom is -0.377 e. The fraction of sp³-hybridized carbons (Fsp3) is 1.00. The molecule has 0 aromatic heterocycles. The molecule has 0 spiro atoms. The van der Waals surface area contributed by atoms with Gasteiger partial charge in [0, 0.05) is 19.8 Å². The lowest BCUT2D eigenvalue weighted by Crippen LogP contribution is -2.50. The lowest BCUT2D eigenvalue weighted by molar-refractivity contribution is -0.226. The minimum atomic E-state index is -3.70. The first-order valence-corrected chi connectivity index (χ1v) is 9.09. The first-order valence-electron chi connectivity index (χ1n) is 6.97. The zero-order valence-corrected chi connectivity index (χ0v) is 14.9. The summed E-state index contributed by atoms with van der Waals surface area (Å²) in [4.78, 5) is 0. The third-order valence-electron chi connectivity index (χ3n) is 2.35. The molecule has 0 bridgehead atoms. The highest BCUT2D eigenvalue weighted by atomic mass is 31.2. The molecule has 0 heterocycles. The summed E-state index contributed by atoms with van der Waals surface area (Å²) in [7, 11) is -0.304. The van der Waals surface area contributed by atoms with E-state index in [4.69, 9.17) is 23.3 Å². The zero-order chi connectivity index (χ0) is 15.6. The van der Waals surface area contributed by atoms with Gasteiger partial charge in [-0.05, 0) is 34.6 Å². The van der Waals surface area contributed by atoms with Crippen LogP contribution in [0.3, 0.4) is 0 Å². The summed E-state index contributed by atoms with van der Waals surface area (Å²) in [5.41, 5.74) is -2.41. The van der Waals surface area contributed by atoms with Crippen LogP contribution < -0.4 is 0 Å². The topological polar surface area (TPSA) is 63.2 Å². The summed E-state index contributed by atoms with van der Waals surface area (Å²) in [5, 5.41) is 0. The second kappa shape index (κ2) is 10.1. The first-order chi connectivity index (χ1) is 9.47. The lowest BCUT2D eigenvalue weighted by atomic mass is 10.6. The lowest BCUT2D eigenvalue weighted by Gasteiger charge is -2.41. The second-order valence-electron chi connectivity index (χ2n) is 3.67. The molecule has 0 amide bonds. The molecule has 1 atom stereocenters. The van der Waals surface area contributed by atoms with Gasteiger partial charge in [-0.2, -0.15) is 0 Å². The smallest absolute Gasteiger partial charge is 0.377 e. The van der Waals surface area contributed by atoms with Crippen molar-refractivity contribution in [1.82, 2.24) is 0 Å². The van der Waals surface area contributed by atoms with Crippen molar-refractivity contribution in [2.45, 2.75) is 45.9 Å². The third-order valence-corrected chi connectivity index (χ3v) is 5.59. The van der Waals surface area contributed by atoms with E-state index in [1.807, 2.05) is 6.92 Å². The average Bonchev–Trinajstić information content (AvgIpc) is 2.39. The van der Waals surface area contributed by atoms with Gasteiger partial charge in [0.25, 0.3) is 5.53 Å². The van der Waals surface area contributed by atoms with Gasteiger partial charge in [-0.3, -0.25) is 4.57 Å². The van der Waals surface area contributed by atoms with Crippen molar-refractivity contribution in [3.8, 4) is 0 Å². The Labute approximate surface area is 125 Å². The maximum atomic E-state index is 13.1. The standard InChI is InChI=1S/C12H26O6PSi/c1-6-14-11(20)12(15-7-2,16-8-3)19(13,17-9-4)18-10-5/h11H,6-10H2,1-5H3. The molecule has 20 heavy (non-hydrogen) atoms. The highest BCUT2D eigenvalue weighted by Gasteiger charge is 2.58. The molecule has 6 nitrogen and oxygen atoms in total. The largest absolute Gasteiger partial charge is 0.392 e. The summed E-state index contributed by atoms with van der Waals surface area (Å²) < 4.78 is 40.7. The molecule has 0 aliphatic rings. The van der Waals surface area contributed by atoms with E-state index in [0.29, 0.717) is 6.61 Å². The van der Waals surface area contributed by atoms with E-state index in [2.05, 4.69) is 10.2 Å². The molecule has 3 radical (unpaired) electrons. The Hall–Kier alpha value is 0.247. The van der Waals surface area contributed by atoms with Crippen molar-refractivity contribution in [2.75, 3.05) is 33.0 Å². The Bertz CT molecular complexity index is 286. The molecule has 0 aromatic carbocycles. The number of hydrogen-bond acceptors (Lipinski definition) is 6. The van der Waals surface area contributed by atoms with Crippen molar-refractivity contribution in [2.24, 2.45) is 0 Å². The summed E-state index contributed by atoms with van der Waals surface area (Å²) in [6, 6.07) is 0. The Morgan fingerprint density at radius 2 is 1.35 bits per heavy atom. The first kappa shape index (κ1) is 20.2. The maximum absolute atomic E-state index is 13.1. The number of rotatable bonds is 12. The maximum Gasteiger partial charge on any atom is 0.392 e. The van der Waals surface area contributed by atoms with Crippen LogP contribution >= 0.6 is 7.60 Å². The molecular weight excluding hydrogens is 299 g/mol. The molecule has 0 rings (SSSR count). The van der Waals surface area contributed by atoms with Gasteiger partial charge in [0.05, 0.1) is 23.5 Å². The Morgan fingerprint density at radius 3 is 1.65 bits per heavy atom. The van der Waals surface area contributed by atoms with E-state index in [0.717, 1.165) is 0 Å². The highest BCUT2D eigenvalue weighted by Crippen LogP contribution is 2.62. The van der Waals surface area contributed by atoms with E-state index < -0.39 is 18.9 Å². The summed E-state index contributed by atoms with van der Waals surface area (Å²) >= 11 is 0. The van der Waals surface area contributed by atoms with Crippen molar-refractivity contribution in [1.29, 1.82) is 0 Å². The monoisotopic (exact) mass is 325 g/mol. The fourth-order valence-corrected chi connectivity index (χ4v) is 4.60. The molecule has 0 N–H and O–H groups in total. The minimum absolute atomic E-state index is 0.213. The van der Waals surface area contributed by atoms with Gasteiger partial charge in [0.1, 0.15) is 5.73 Å². The predicted molar refractivity (Wildman–Crippen MR) is 78.0 cm³/mol. The van der Waals surface area contributed by atoms with Gasteiger partial charge in [-0.15, -0.1) is 0 Å². The van der Waals surface area contributed by atoms with Crippen LogP contribution in [0.5, 0.6) is 0 Å². The Balaban J connectivity index is 5.67. The molecule has 119 valence electrons. The van der Waals surface area contributed by atoms with Crippen LogP contribution in [0, 0.1) is 0 Å². The quantitative estimate of drug-likeness (QED) is 0.312. The van der Waals surface area contributed by atoms with Gasteiger partial charge >= 0.3 is 7.60 Å². The van der Waals surface area contributed by atoms with Crippen LogP contribution in [0.1, 0.15) is 34.6 Å². The third kappa shape index (κ3) is 4.63. The van der Waals surface area contributed by atoms with Gasteiger partial charge in [0.15, 0.2) is 0 Å². The Morgan fingerprint density at radius 1 is 0.900 bits per heavy atom. The van der Waals surface area contributed by atoms with E-state index >= 15 is 0 Å². The molecular formula is C12H26O6PSi. The molecule has 0 aliphatic heterocycles. The summed E-state index contributed by atoms with van der Waals surface area (Å²) in [6.45, 7) is 10.2. The normalized spacial score (nSPS) is 14.5. The second-order valence-corrected chi connectivity index (χ2v) is 6.32. The molecule has 1 unspecified atom stereocenters. The Kier molecular flexibility index (Phi) is 10.2. The molecule has 0 aliphatic carbocycles.